The van der Waals surface area contributed by atoms with Gasteiger partial charge in [-0.25, -0.2) is 8.42 Å². The fourth-order valence-electron chi connectivity index (χ4n) is 3.01. The van der Waals surface area contributed by atoms with Crippen molar-refractivity contribution in [3.63, 3.8) is 0 Å². The van der Waals surface area contributed by atoms with Crippen LogP contribution in [-0.2, 0) is 21.1 Å². The Balaban J connectivity index is 2.50. The molecule has 1 saturated heterocycles. The number of carbonyl (C=O) groups is 1. The van der Waals surface area contributed by atoms with Crippen LogP contribution in [0.5, 0.6) is 0 Å². The third-order valence-corrected chi connectivity index (χ3v) is 5.84. The number of amides is 1. The zero-order chi connectivity index (χ0) is 15.6. The molecule has 1 fully saturated rings. The van der Waals surface area contributed by atoms with Crippen LogP contribution in [0.15, 0.2) is 18.2 Å². The molecule has 0 spiro atoms. The molecule has 2 rings (SSSR count). The average molecular weight is 309 g/mol. The predicted molar refractivity (Wildman–Crippen MR) is 85.4 cm³/mol. The van der Waals surface area contributed by atoms with Gasteiger partial charge >= 0.3 is 0 Å². The Morgan fingerprint density at radius 3 is 2.57 bits per heavy atom. The van der Waals surface area contributed by atoms with E-state index in [1.54, 1.807) is 4.90 Å². The zero-order valence-electron chi connectivity index (χ0n) is 12.9. The van der Waals surface area contributed by atoms with Crippen molar-refractivity contribution < 1.29 is 13.2 Å². The monoisotopic (exact) mass is 309 g/mol. The average Bonchev–Trinajstić information content (AvgIpc) is 2.80. The third kappa shape index (κ3) is 3.28. The molecule has 4 nitrogen and oxygen atoms in total. The van der Waals surface area contributed by atoms with E-state index in [-0.39, 0.29) is 23.5 Å². The number of rotatable bonds is 4. The van der Waals surface area contributed by atoms with Gasteiger partial charge in [0.1, 0.15) is 0 Å². The van der Waals surface area contributed by atoms with Crippen molar-refractivity contribution in [2.75, 3.05) is 16.4 Å². The summed E-state index contributed by atoms with van der Waals surface area (Å²) in [5.41, 5.74) is 3.04. The van der Waals surface area contributed by atoms with Crippen molar-refractivity contribution in [2.45, 2.75) is 46.1 Å². The van der Waals surface area contributed by atoms with Gasteiger partial charge in [-0.15, -0.1) is 0 Å². The fourth-order valence-corrected chi connectivity index (χ4v) is 4.71. The van der Waals surface area contributed by atoms with E-state index >= 15 is 0 Å². The Labute approximate surface area is 127 Å². The topological polar surface area (TPSA) is 54.5 Å². The SMILES string of the molecule is CCC(=O)N(c1c(C)cccc1CC)C1CCS(=O)(=O)C1. The van der Waals surface area contributed by atoms with Crippen LogP contribution in [0.2, 0.25) is 0 Å². The smallest absolute Gasteiger partial charge is 0.227 e. The van der Waals surface area contributed by atoms with Gasteiger partial charge < -0.3 is 4.90 Å². The van der Waals surface area contributed by atoms with E-state index < -0.39 is 9.84 Å². The zero-order valence-corrected chi connectivity index (χ0v) is 13.7. The molecule has 21 heavy (non-hydrogen) atoms. The lowest BCUT2D eigenvalue weighted by molar-refractivity contribution is -0.118. The molecule has 1 unspecified atom stereocenters. The Morgan fingerprint density at radius 2 is 2.05 bits per heavy atom. The highest BCUT2D eigenvalue weighted by atomic mass is 32.2. The molecule has 0 aromatic heterocycles. The maximum absolute atomic E-state index is 12.5. The van der Waals surface area contributed by atoms with E-state index in [1.165, 1.54) is 0 Å². The summed E-state index contributed by atoms with van der Waals surface area (Å²) in [5.74, 6) is 0.260. The van der Waals surface area contributed by atoms with Gasteiger partial charge in [-0.1, -0.05) is 32.0 Å². The van der Waals surface area contributed by atoms with Crippen molar-refractivity contribution in [3.05, 3.63) is 29.3 Å². The summed E-state index contributed by atoms with van der Waals surface area (Å²) in [5, 5.41) is 0. The van der Waals surface area contributed by atoms with Crippen molar-refractivity contribution in [1.82, 2.24) is 0 Å². The molecule has 0 bridgehead atoms. The van der Waals surface area contributed by atoms with Crippen LogP contribution >= 0.6 is 0 Å². The quantitative estimate of drug-likeness (QED) is 0.858. The van der Waals surface area contributed by atoms with E-state index in [0.29, 0.717) is 12.8 Å². The van der Waals surface area contributed by atoms with E-state index in [1.807, 2.05) is 32.0 Å². The summed E-state index contributed by atoms with van der Waals surface area (Å²) in [6.45, 7) is 5.86. The molecule has 1 aliphatic rings. The lowest BCUT2D eigenvalue weighted by Gasteiger charge is -2.31. The van der Waals surface area contributed by atoms with Gasteiger partial charge in [0.15, 0.2) is 9.84 Å². The van der Waals surface area contributed by atoms with Crippen molar-refractivity contribution in [3.8, 4) is 0 Å². The minimum absolute atomic E-state index is 0.00102. The molecule has 1 amide bonds. The van der Waals surface area contributed by atoms with Gasteiger partial charge in [0.25, 0.3) is 0 Å². The second kappa shape index (κ2) is 6.18. The summed E-state index contributed by atoms with van der Waals surface area (Å²) < 4.78 is 23.6. The molecular weight excluding hydrogens is 286 g/mol. The van der Waals surface area contributed by atoms with E-state index in [4.69, 9.17) is 0 Å². The first-order valence-corrected chi connectivity index (χ1v) is 9.32. The van der Waals surface area contributed by atoms with Gasteiger partial charge in [0.05, 0.1) is 23.2 Å². The second-order valence-corrected chi connectivity index (χ2v) is 7.84. The molecule has 1 aromatic rings. The fraction of sp³-hybridized carbons (Fsp3) is 0.562. The lowest BCUT2D eigenvalue weighted by Crippen LogP contribution is -2.42. The van der Waals surface area contributed by atoms with Gasteiger partial charge in [-0.2, -0.15) is 0 Å². The number of anilines is 1. The molecular formula is C16H23NO3S. The van der Waals surface area contributed by atoms with Crippen molar-refractivity contribution in [2.24, 2.45) is 0 Å². The molecule has 0 saturated carbocycles. The van der Waals surface area contributed by atoms with Crippen molar-refractivity contribution >= 4 is 21.4 Å². The Morgan fingerprint density at radius 1 is 1.33 bits per heavy atom. The third-order valence-electron chi connectivity index (χ3n) is 4.09. The number of hydrogen-bond acceptors (Lipinski definition) is 3. The highest BCUT2D eigenvalue weighted by Crippen LogP contribution is 2.31. The highest BCUT2D eigenvalue weighted by molar-refractivity contribution is 7.91. The number of para-hydroxylation sites is 1. The summed E-state index contributed by atoms with van der Waals surface area (Å²) in [6, 6.07) is 5.75. The molecule has 1 atom stereocenters. The highest BCUT2D eigenvalue weighted by Gasteiger charge is 2.36. The summed E-state index contributed by atoms with van der Waals surface area (Å²) in [4.78, 5) is 14.2. The number of benzene rings is 1. The first-order valence-electron chi connectivity index (χ1n) is 7.50. The van der Waals surface area contributed by atoms with Gasteiger partial charge in [-0.05, 0) is 30.9 Å². The standard InChI is InChI=1S/C16H23NO3S/c1-4-13-8-6-7-12(3)16(13)17(15(18)5-2)14-9-10-21(19,20)11-14/h6-8,14H,4-5,9-11H2,1-3H3. The summed E-state index contributed by atoms with van der Waals surface area (Å²) in [6.07, 6.45) is 1.74. The molecule has 0 radical (unpaired) electrons. The number of nitrogens with zero attached hydrogens (tertiary/aromatic N) is 1. The maximum atomic E-state index is 12.5. The van der Waals surface area contributed by atoms with Crippen LogP contribution in [0.3, 0.4) is 0 Å². The van der Waals surface area contributed by atoms with Crippen LogP contribution in [-0.4, -0.2) is 31.9 Å². The van der Waals surface area contributed by atoms with Gasteiger partial charge in [-0.3, -0.25) is 4.79 Å². The molecule has 5 heteroatoms. The predicted octanol–water partition coefficient (Wildman–Crippen LogP) is 2.49. The largest absolute Gasteiger partial charge is 0.308 e. The van der Waals surface area contributed by atoms with E-state index in [2.05, 4.69) is 6.92 Å². The molecule has 116 valence electrons. The van der Waals surface area contributed by atoms with Crippen LogP contribution < -0.4 is 4.90 Å². The molecule has 1 aromatic carbocycles. The van der Waals surface area contributed by atoms with E-state index in [9.17, 15) is 13.2 Å². The first-order chi connectivity index (χ1) is 9.89. The number of carbonyl (C=O) groups excluding carboxylic acids is 1. The van der Waals surface area contributed by atoms with E-state index in [0.717, 1.165) is 23.2 Å². The van der Waals surface area contributed by atoms with Crippen LogP contribution in [0.4, 0.5) is 5.69 Å². The number of sulfone groups is 1. The minimum atomic E-state index is -3.02. The van der Waals surface area contributed by atoms with Gasteiger partial charge in [0.2, 0.25) is 5.91 Å². The van der Waals surface area contributed by atoms with Crippen LogP contribution in [0.25, 0.3) is 0 Å². The first kappa shape index (κ1) is 16.0. The molecule has 0 N–H and O–H groups in total. The Kier molecular flexibility index (Phi) is 4.71. The second-order valence-electron chi connectivity index (χ2n) is 5.61. The van der Waals surface area contributed by atoms with Crippen molar-refractivity contribution in [1.29, 1.82) is 0 Å². The normalized spacial score (nSPS) is 20.4. The maximum Gasteiger partial charge on any atom is 0.227 e. The summed E-state index contributed by atoms with van der Waals surface area (Å²) in [7, 11) is -3.02. The summed E-state index contributed by atoms with van der Waals surface area (Å²) >= 11 is 0. The number of aryl methyl sites for hydroxylation is 2. The Bertz CT molecular complexity index is 637. The van der Waals surface area contributed by atoms with Crippen LogP contribution in [0, 0.1) is 6.92 Å². The minimum Gasteiger partial charge on any atom is -0.308 e. The molecule has 0 aliphatic carbocycles. The lowest BCUT2D eigenvalue weighted by atomic mass is 10.0. The van der Waals surface area contributed by atoms with Gasteiger partial charge in [0, 0.05) is 6.42 Å². The molecule has 1 heterocycles. The Hall–Kier alpha value is -1.36. The molecule has 1 aliphatic heterocycles. The number of hydrogen-bond donors (Lipinski definition) is 0. The van der Waals surface area contributed by atoms with Crippen LogP contribution in [0.1, 0.15) is 37.8 Å².